The Kier molecular flexibility index (Phi) is 7.20. The van der Waals surface area contributed by atoms with Gasteiger partial charge in [0.2, 0.25) is 0 Å². The van der Waals surface area contributed by atoms with Crippen molar-refractivity contribution in [2.24, 2.45) is 0 Å². The third kappa shape index (κ3) is 7.71. The summed E-state index contributed by atoms with van der Waals surface area (Å²) in [5, 5.41) is 2.53. The van der Waals surface area contributed by atoms with E-state index in [0.29, 0.717) is 5.56 Å². The van der Waals surface area contributed by atoms with Crippen LogP contribution < -0.4 is 5.32 Å². The zero-order valence-corrected chi connectivity index (χ0v) is 17.1. The summed E-state index contributed by atoms with van der Waals surface area (Å²) < 4.78 is 56.2. The van der Waals surface area contributed by atoms with Gasteiger partial charge in [-0.25, -0.2) is 13.2 Å². The zero-order chi connectivity index (χ0) is 20.2. The average molecular weight is 408 g/mol. The number of rotatable bonds is 7. The molecule has 1 atom stereocenters. The maximum absolute atomic E-state index is 12.0. The lowest BCUT2D eigenvalue weighted by molar-refractivity contribution is 0.0487. The molecule has 1 aromatic rings. The maximum atomic E-state index is 12.0. The van der Waals surface area contributed by atoms with Crippen molar-refractivity contribution in [1.29, 1.82) is 0 Å². The van der Waals surface area contributed by atoms with E-state index in [0.717, 1.165) is 6.26 Å². The first-order valence-corrected chi connectivity index (χ1v) is 11.4. The molecule has 0 bridgehead atoms. The van der Waals surface area contributed by atoms with Gasteiger partial charge in [-0.2, -0.15) is 8.42 Å². The van der Waals surface area contributed by atoms with Crippen LogP contribution in [0.5, 0.6) is 0 Å². The summed E-state index contributed by atoms with van der Waals surface area (Å²) >= 11 is 0. The van der Waals surface area contributed by atoms with Crippen LogP contribution in [0.2, 0.25) is 0 Å². The summed E-state index contributed by atoms with van der Waals surface area (Å²) in [6.45, 7) is 6.27. The van der Waals surface area contributed by atoms with Crippen molar-refractivity contribution in [3.63, 3.8) is 0 Å². The second-order valence-electron chi connectivity index (χ2n) is 6.66. The van der Waals surface area contributed by atoms with Crippen molar-refractivity contribution in [2.75, 3.05) is 18.6 Å². The Morgan fingerprint density at radius 1 is 1.12 bits per heavy atom. The van der Waals surface area contributed by atoms with E-state index in [-0.39, 0.29) is 17.3 Å². The van der Waals surface area contributed by atoms with Gasteiger partial charge in [0, 0.05) is 0 Å². The number of hydrogen-bond donors (Lipinski definition) is 1. The van der Waals surface area contributed by atoms with Crippen molar-refractivity contribution in [3.05, 3.63) is 29.8 Å². The van der Waals surface area contributed by atoms with Crippen LogP contribution in [0.4, 0.5) is 4.79 Å². The van der Waals surface area contributed by atoms with Crippen molar-refractivity contribution < 1.29 is 30.6 Å². The fraction of sp³-hybridized carbons (Fsp3) is 0.562. The van der Waals surface area contributed by atoms with E-state index >= 15 is 0 Å². The van der Waals surface area contributed by atoms with Crippen LogP contribution in [0.3, 0.4) is 0 Å². The number of hydrogen-bond acceptors (Lipinski definition) is 7. The fourth-order valence-electron chi connectivity index (χ4n) is 1.94. The molecule has 0 saturated heterocycles. The molecule has 1 amide bonds. The molecule has 0 aliphatic heterocycles. The second kappa shape index (κ2) is 8.36. The molecule has 148 valence electrons. The molecule has 0 spiro atoms. The van der Waals surface area contributed by atoms with Gasteiger partial charge in [-0.05, 0) is 38.5 Å². The van der Waals surface area contributed by atoms with Gasteiger partial charge in [0.25, 0.3) is 10.1 Å². The number of alkyl carbamates (subject to hydrolysis) is 1. The molecular formula is C16H25NO7S2. The topological polar surface area (TPSA) is 116 Å². The molecule has 8 nitrogen and oxygen atoms in total. The van der Waals surface area contributed by atoms with Crippen LogP contribution >= 0.6 is 0 Å². The predicted molar refractivity (Wildman–Crippen MR) is 97.1 cm³/mol. The Bertz CT molecular complexity index is 822. The fourth-order valence-corrected chi connectivity index (χ4v) is 3.20. The Balaban J connectivity index is 3.05. The van der Waals surface area contributed by atoms with E-state index in [1.54, 1.807) is 20.8 Å². The number of nitrogens with one attached hydrogen (secondary N) is 1. The minimum atomic E-state index is -3.72. The lowest BCUT2D eigenvalue weighted by Gasteiger charge is -2.23. The van der Waals surface area contributed by atoms with Gasteiger partial charge in [0.05, 0.1) is 29.6 Å². The molecule has 1 unspecified atom stereocenters. The summed E-state index contributed by atoms with van der Waals surface area (Å²) in [6, 6.07) is 4.96. The first-order valence-electron chi connectivity index (χ1n) is 7.90. The Morgan fingerprint density at radius 3 is 2.08 bits per heavy atom. The molecular weight excluding hydrogens is 382 g/mol. The Hall–Kier alpha value is -1.65. The molecule has 0 aromatic heterocycles. The summed E-state index contributed by atoms with van der Waals surface area (Å²) in [4.78, 5) is 12.1. The number of amides is 1. The molecule has 0 fully saturated rings. The third-order valence-corrected chi connectivity index (χ3v) is 5.48. The van der Waals surface area contributed by atoms with E-state index in [1.165, 1.54) is 31.2 Å². The molecule has 10 heteroatoms. The molecule has 1 rings (SSSR count). The van der Waals surface area contributed by atoms with Crippen LogP contribution in [0.25, 0.3) is 0 Å². The first-order chi connectivity index (χ1) is 11.7. The van der Waals surface area contributed by atoms with Crippen LogP contribution in [0.1, 0.15) is 39.3 Å². The molecule has 0 radical (unpaired) electrons. The van der Waals surface area contributed by atoms with E-state index < -0.39 is 37.7 Å². The van der Waals surface area contributed by atoms with Gasteiger partial charge in [0.15, 0.2) is 9.84 Å². The monoisotopic (exact) mass is 407 g/mol. The summed E-state index contributed by atoms with van der Waals surface area (Å²) in [5.41, 5.74) is -0.250. The lowest BCUT2D eigenvalue weighted by Crippen LogP contribution is -2.37. The Morgan fingerprint density at radius 2 is 1.65 bits per heavy atom. The Labute approximate surface area is 154 Å². The molecule has 1 N–H and O–H groups in total. The zero-order valence-electron chi connectivity index (χ0n) is 15.5. The molecule has 0 aliphatic rings. The molecule has 1 aromatic carbocycles. The van der Waals surface area contributed by atoms with Crippen LogP contribution in [-0.4, -0.2) is 47.1 Å². The highest BCUT2D eigenvalue weighted by molar-refractivity contribution is 7.91. The number of benzene rings is 1. The van der Waals surface area contributed by atoms with Gasteiger partial charge >= 0.3 is 6.09 Å². The summed E-state index contributed by atoms with van der Waals surface area (Å²) in [7, 11) is -7.08. The minimum Gasteiger partial charge on any atom is -0.444 e. The molecule has 0 heterocycles. The van der Waals surface area contributed by atoms with Gasteiger partial charge in [-0.3, -0.25) is 4.18 Å². The van der Waals surface area contributed by atoms with E-state index in [1.807, 2.05) is 0 Å². The predicted octanol–water partition coefficient (Wildman–Crippen LogP) is 2.02. The normalized spacial score (nSPS) is 13.9. The van der Waals surface area contributed by atoms with Gasteiger partial charge in [0.1, 0.15) is 5.60 Å². The number of ether oxygens (including phenoxy) is 1. The van der Waals surface area contributed by atoms with E-state index in [9.17, 15) is 21.6 Å². The van der Waals surface area contributed by atoms with Crippen molar-refractivity contribution in [1.82, 2.24) is 5.32 Å². The van der Waals surface area contributed by atoms with E-state index in [2.05, 4.69) is 5.32 Å². The summed E-state index contributed by atoms with van der Waals surface area (Å²) in [6.07, 6.45) is 0.152. The quantitative estimate of drug-likeness (QED) is 0.687. The standard InChI is InChI=1S/C16H25NO7S2/c1-6-26(21,22)13-9-7-12(8-10-13)14(11-23-25(5,19)20)17-15(18)24-16(2,3)4/h7-10,14H,6,11H2,1-5H3,(H,17,18). The molecule has 0 saturated carbocycles. The second-order valence-corrected chi connectivity index (χ2v) is 10.6. The molecule has 0 aliphatic carbocycles. The SMILES string of the molecule is CCS(=O)(=O)c1ccc(C(COS(C)(=O)=O)NC(=O)OC(C)(C)C)cc1. The van der Waals surface area contributed by atoms with E-state index in [4.69, 9.17) is 8.92 Å². The van der Waals surface area contributed by atoms with Gasteiger partial charge < -0.3 is 10.1 Å². The van der Waals surface area contributed by atoms with Crippen LogP contribution in [0, 0.1) is 0 Å². The van der Waals surface area contributed by atoms with Crippen molar-refractivity contribution in [3.8, 4) is 0 Å². The highest BCUT2D eigenvalue weighted by atomic mass is 32.2. The number of sulfone groups is 1. The number of carbonyl (C=O) groups excluding carboxylic acids is 1. The smallest absolute Gasteiger partial charge is 0.408 e. The van der Waals surface area contributed by atoms with Crippen LogP contribution in [0.15, 0.2) is 29.2 Å². The largest absolute Gasteiger partial charge is 0.444 e. The molecule has 26 heavy (non-hydrogen) atoms. The first kappa shape index (κ1) is 22.4. The van der Waals surface area contributed by atoms with Crippen LogP contribution in [-0.2, 0) is 28.9 Å². The summed E-state index contributed by atoms with van der Waals surface area (Å²) in [5.74, 6) is -0.0386. The lowest BCUT2D eigenvalue weighted by atomic mass is 10.1. The minimum absolute atomic E-state index is 0.0386. The number of carbonyl (C=O) groups is 1. The van der Waals surface area contributed by atoms with Crippen molar-refractivity contribution >= 4 is 26.0 Å². The van der Waals surface area contributed by atoms with Gasteiger partial charge in [-0.1, -0.05) is 19.1 Å². The third-order valence-electron chi connectivity index (χ3n) is 3.16. The maximum Gasteiger partial charge on any atom is 0.408 e. The average Bonchev–Trinajstić information content (AvgIpc) is 2.49. The van der Waals surface area contributed by atoms with Gasteiger partial charge in [-0.15, -0.1) is 0 Å². The highest BCUT2D eigenvalue weighted by Crippen LogP contribution is 2.19. The highest BCUT2D eigenvalue weighted by Gasteiger charge is 2.22. The van der Waals surface area contributed by atoms with Crippen molar-refractivity contribution in [2.45, 2.75) is 44.2 Å².